The summed E-state index contributed by atoms with van der Waals surface area (Å²) in [5, 5.41) is 13.5. The van der Waals surface area contributed by atoms with E-state index in [1.807, 2.05) is 54.6 Å². The maximum absolute atomic E-state index is 13.8. The molecule has 0 aromatic heterocycles. The average Bonchev–Trinajstić information content (AvgIpc) is 3.37. The lowest BCUT2D eigenvalue weighted by molar-refractivity contribution is -0.384. The first kappa shape index (κ1) is 24.2. The molecule has 1 aliphatic carbocycles. The predicted octanol–water partition coefficient (Wildman–Crippen LogP) is 4.07. The minimum absolute atomic E-state index is 0.00372. The molecule has 0 spiro atoms. The van der Waals surface area contributed by atoms with Crippen molar-refractivity contribution in [3.63, 3.8) is 0 Å². The number of hydrogen-bond donors (Lipinski definition) is 1. The van der Waals surface area contributed by atoms with Crippen molar-refractivity contribution in [1.29, 1.82) is 0 Å². The number of carbonyl (C=O) groups is 3. The van der Waals surface area contributed by atoms with Crippen LogP contribution in [-0.2, 0) is 16.1 Å². The summed E-state index contributed by atoms with van der Waals surface area (Å²) in [7, 11) is 0. The van der Waals surface area contributed by atoms with Crippen molar-refractivity contribution in [3.8, 4) is 0 Å². The fourth-order valence-corrected chi connectivity index (χ4v) is 5.26. The van der Waals surface area contributed by atoms with E-state index in [1.165, 1.54) is 24.3 Å². The highest BCUT2D eigenvalue weighted by Gasteiger charge is 2.45. The molecule has 5 rings (SSSR count). The molecular formula is C28H26N4O5. The van der Waals surface area contributed by atoms with E-state index >= 15 is 0 Å². The lowest BCUT2D eigenvalue weighted by atomic mass is 10.0. The maximum Gasteiger partial charge on any atom is 0.269 e. The van der Waals surface area contributed by atoms with E-state index in [-0.39, 0.29) is 41.6 Å². The first-order chi connectivity index (χ1) is 17.9. The first-order valence-electron chi connectivity index (χ1n) is 12.2. The monoisotopic (exact) mass is 498 g/mol. The van der Waals surface area contributed by atoms with Crippen molar-refractivity contribution in [2.45, 2.75) is 31.8 Å². The van der Waals surface area contributed by atoms with E-state index in [4.69, 9.17) is 0 Å². The van der Waals surface area contributed by atoms with Gasteiger partial charge in [0.2, 0.25) is 11.8 Å². The number of fused-ring (bicyclic) bond motifs is 2. The van der Waals surface area contributed by atoms with Crippen LogP contribution in [0.25, 0.3) is 0 Å². The van der Waals surface area contributed by atoms with Gasteiger partial charge >= 0.3 is 0 Å². The van der Waals surface area contributed by atoms with Crippen molar-refractivity contribution in [1.82, 2.24) is 5.32 Å². The summed E-state index contributed by atoms with van der Waals surface area (Å²) in [5.74, 6) is -1.14. The van der Waals surface area contributed by atoms with Crippen LogP contribution in [0.15, 0.2) is 78.9 Å². The number of anilines is 2. The van der Waals surface area contributed by atoms with Gasteiger partial charge in [0.15, 0.2) is 0 Å². The molecule has 1 N–H and O–H groups in total. The van der Waals surface area contributed by atoms with Crippen molar-refractivity contribution in [2.24, 2.45) is 5.92 Å². The minimum Gasteiger partial charge on any atom is -0.343 e. The summed E-state index contributed by atoms with van der Waals surface area (Å²) in [4.78, 5) is 53.8. The van der Waals surface area contributed by atoms with E-state index < -0.39 is 10.8 Å². The molecule has 1 heterocycles. The highest BCUT2D eigenvalue weighted by molar-refractivity contribution is 6.08. The Labute approximate surface area is 213 Å². The Morgan fingerprint density at radius 3 is 2.30 bits per heavy atom. The van der Waals surface area contributed by atoms with Crippen LogP contribution < -0.4 is 15.1 Å². The van der Waals surface area contributed by atoms with Crippen molar-refractivity contribution in [2.75, 3.05) is 16.3 Å². The normalized spacial score (nSPS) is 18.5. The van der Waals surface area contributed by atoms with E-state index in [2.05, 4.69) is 5.32 Å². The fraction of sp³-hybridized carbons (Fsp3) is 0.250. The highest BCUT2D eigenvalue weighted by Crippen LogP contribution is 2.43. The fourth-order valence-electron chi connectivity index (χ4n) is 5.26. The molecule has 0 bridgehead atoms. The standard InChI is InChI=1S/C28H26N4O5/c33-26(17-29-27(34)20-13-15-21(16-14-20)32(36)37)31-23-12-6-9-22(23)28(35)30(18-19-7-2-1-3-8-19)24-10-4-5-11-25(24)31/h1-5,7-8,10-11,13-16,22-23H,6,9,12,17-18H2,(H,29,34)/t22-,23+/m0/s1. The van der Waals surface area contributed by atoms with Gasteiger partial charge in [0.05, 0.1) is 35.3 Å². The van der Waals surface area contributed by atoms with Gasteiger partial charge in [-0.2, -0.15) is 0 Å². The SMILES string of the molecule is O=C(NCC(=O)N1c2ccccc2N(Cc2ccccc2)C(=O)[C@H]2CCC[C@H]21)c1ccc([N+](=O)[O-])cc1. The topological polar surface area (TPSA) is 113 Å². The van der Waals surface area contributed by atoms with Crippen molar-refractivity contribution >= 4 is 34.8 Å². The molecule has 0 unspecified atom stereocenters. The number of nitrogens with zero attached hydrogens (tertiary/aromatic N) is 3. The summed E-state index contributed by atoms with van der Waals surface area (Å²) in [5.41, 5.74) is 2.41. The van der Waals surface area contributed by atoms with Gasteiger partial charge in [-0.3, -0.25) is 24.5 Å². The minimum atomic E-state index is -0.539. The molecule has 1 fully saturated rings. The molecule has 37 heavy (non-hydrogen) atoms. The Balaban J connectivity index is 1.41. The lowest BCUT2D eigenvalue weighted by Crippen LogP contribution is -2.48. The maximum atomic E-state index is 13.8. The molecule has 9 nitrogen and oxygen atoms in total. The molecule has 2 atom stereocenters. The molecule has 2 aliphatic rings. The third kappa shape index (κ3) is 4.80. The summed E-state index contributed by atoms with van der Waals surface area (Å²) in [6.07, 6.45) is 2.23. The quantitative estimate of drug-likeness (QED) is 0.407. The number of nitro groups is 1. The van der Waals surface area contributed by atoms with Gasteiger partial charge in [-0.1, -0.05) is 48.9 Å². The summed E-state index contributed by atoms with van der Waals surface area (Å²) >= 11 is 0. The van der Waals surface area contributed by atoms with E-state index in [1.54, 1.807) is 9.80 Å². The number of rotatable bonds is 6. The third-order valence-corrected chi connectivity index (χ3v) is 7.02. The van der Waals surface area contributed by atoms with Gasteiger partial charge in [-0.25, -0.2) is 0 Å². The van der Waals surface area contributed by atoms with Crippen molar-refractivity contribution < 1.29 is 19.3 Å². The van der Waals surface area contributed by atoms with Crippen LogP contribution in [0.2, 0.25) is 0 Å². The number of carbonyl (C=O) groups excluding carboxylic acids is 3. The second-order valence-electron chi connectivity index (χ2n) is 9.25. The molecule has 3 aromatic carbocycles. The zero-order valence-corrected chi connectivity index (χ0v) is 20.1. The first-order valence-corrected chi connectivity index (χ1v) is 12.2. The Kier molecular flexibility index (Phi) is 6.68. The molecule has 0 saturated heterocycles. The van der Waals surface area contributed by atoms with Gasteiger partial charge in [0, 0.05) is 23.7 Å². The Morgan fingerprint density at radius 2 is 1.59 bits per heavy atom. The van der Waals surface area contributed by atoms with Crippen LogP contribution >= 0.6 is 0 Å². The van der Waals surface area contributed by atoms with E-state index in [9.17, 15) is 24.5 Å². The second-order valence-corrected chi connectivity index (χ2v) is 9.25. The molecule has 188 valence electrons. The number of non-ortho nitro benzene ring substituents is 1. The smallest absolute Gasteiger partial charge is 0.269 e. The Bertz CT molecular complexity index is 1340. The molecule has 1 aliphatic heterocycles. The summed E-state index contributed by atoms with van der Waals surface area (Å²) < 4.78 is 0. The van der Waals surface area contributed by atoms with Gasteiger partial charge in [-0.15, -0.1) is 0 Å². The van der Waals surface area contributed by atoms with E-state index in [0.29, 0.717) is 30.8 Å². The lowest BCUT2D eigenvalue weighted by Gasteiger charge is -2.30. The van der Waals surface area contributed by atoms with Crippen LogP contribution in [0.3, 0.4) is 0 Å². The number of para-hydroxylation sites is 2. The highest BCUT2D eigenvalue weighted by atomic mass is 16.6. The number of amides is 3. The van der Waals surface area contributed by atoms with Crippen LogP contribution in [-0.4, -0.2) is 35.2 Å². The van der Waals surface area contributed by atoms with Gasteiger partial charge in [0.25, 0.3) is 11.6 Å². The number of benzene rings is 3. The Hall–Kier alpha value is -4.53. The molecule has 0 radical (unpaired) electrons. The molecule has 3 amide bonds. The summed E-state index contributed by atoms with van der Waals surface area (Å²) in [6.45, 7) is 0.138. The van der Waals surface area contributed by atoms with Crippen LogP contribution in [0.1, 0.15) is 35.2 Å². The Morgan fingerprint density at radius 1 is 0.919 bits per heavy atom. The average molecular weight is 499 g/mol. The molecule has 3 aromatic rings. The van der Waals surface area contributed by atoms with Gasteiger partial charge in [0.1, 0.15) is 0 Å². The van der Waals surface area contributed by atoms with Crippen LogP contribution in [0.5, 0.6) is 0 Å². The van der Waals surface area contributed by atoms with Crippen LogP contribution in [0, 0.1) is 16.0 Å². The van der Waals surface area contributed by atoms with Gasteiger partial charge in [-0.05, 0) is 42.7 Å². The van der Waals surface area contributed by atoms with Gasteiger partial charge < -0.3 is 15.1 Å². The molecule has 9 heteroatoms. The predicted molar refractivity (Wildman–Crippen MR) is 138 cm³/mol. The second kappa shape index (κ2) is 10.2. The third-order valence-electron chi connectivity index (χ3n) is 7.02. The van der Waals surface area contributed by atoms with Crippen molar-refractivity contribution in [3.05, 3.63) is 100 Å². The molecular weight excluding hydrogens is 472 g/mol. The largest absolute Gasteiger partial charge is 0.343 e. The number of nitrogens with one attached hydrogen (secondary N) is 1. The number of nitro benzene ring substituents is 1. The van der Waals surface area contributed by atoms with Crippen LogP contribution in [0.4, 0.5) is 17.1 Å². The zero-order chi connectivity index (χ0) is 25.9. The van der Waals surface area contributed by atoms with E-state index in [0.717, 1.165) is 12.0 Å². The number of hydrogen-bond acceptors (Lipinski definition) is 5. The summed E-state index contributed by atoms with van der Waals surface area (Å²) in [6, 6.07) is 22.1. The molecule has 1 saturated carbocycles. The zero-order valence-electron chi connectivity index (χ0n) is 20.1.